The molecule has 0 radical (unpaired) electrons. The van der Waals surface area contributed by atoms with Crippen LogP contribution in [0.2, 0.25) is 0 Å². The molecular weight excluding hydrogens is 250 g/mol. The minimum Gasteiger partial charge on any atom is -0.378 e. The summed E-state index contributed by atoms with van der Waals surface area (Å²) in [5, 5.41) is 12.8. The summed E-state index contributed by atoms with van der Waals surface area (Å²) in [5.41, 5.74) is 2.05. The van der Waals surface area contributed by atoms with Crippen LogP contribution in [0.1, 0.15) is 25.3 Å². The number of hydrogen-bond acceptors (Lipinski definition) is 3. The zero-order valence-corrected chi connectivity index (χ0v) is 11.4. The molecule has 3 heteroatoms. The molecule has 0 atom stereocenters. The van der Waals surface area contributed by atoms with Crippen LogP contribution in [0.25, 0.3) is 0 Å². The first-order chi connectivity index (χ1) is 9.61. The van der Waals surface area contributed by atoms with Gasteiger partial charge in [0.1, 0.15) is 11.9 Å². The second kappa shape index (κ2) is 6.23. The number of hydrogen-bond donors (Lipinski definition) is 2. The van der Waals surface area contributed by atoms with E-state index in [-0.39, 0.29) is 0 Å². The van der Waals surface area contributed by atoms with Crippen molar-refractivity contribution in [2.45, 2.75) is 25.4 Å². The van der Waals surface area contributed by atoms with Crippen molar-refractivity contribution >= 4 is 12.0 Å². The van der Waals surface area contributed by atoms with Crippen LogP contribution in [0, 0.1) is 11.8 Å². The molecule has 0 bridgehead atoms. The van der Waals surface area contributed by atoms with E-state index in [4.69, 9.17) is 0 Å². The van der Waals surface area contributed by atoms with Crippen LogP contribution in [0.3, 0.4) is 0 Å². The summed E-state index contributed by atoms with van der Waals surface area (Å²) in [6.07, 6.45) is 7.31. The number of benzene rings is 1. The van der Waals surface area contributed by atoms with Gasteiger partial charge in [-0.05, 0) is 55.7 Å². The molecule has 1 fully saturated rings. The normalized spacial score (nSPS) is 16.4. The molecule has 1 aliphatic rings. The molecule has 2 N–H and O–H groups in total. The average Bonchev–Trinajstić information content (AvgIpc) is 3.20. The van der Waals surface area contributed by atoms with E-state index in [1.54, 1.807) is 6.08 Å². The van der Waals surface area contributed by atoms with Crippen LogP contribution in [-0.4, -0.2) is 17.0 Å². The van der Waals surface area contributed by atoms with Gasteiger partial charge in [-0.2, -0.15) is 0 Å². The lowest BCUT2D eigenvalue weighted by Crippen LogP contribution is -2.00. The Morgan fingerprint density at radius 3 is 2.65 bits per heavy atom. The minimum absolute atomic E-state index is 0.734. The van der Waals surface area contributed by atoms with Gasteiger partial charge in [-0.3, -0.25) is 4.79 Å². The molecular formula is C17H17NO2. The lowest BCUT2D eigenvalue weighted by Gasteiger charge is -2.01. The highest BCUT2D eigenvalue weighted by atomic mass is 16.3. The highest BCUT2D eigenvalue weighted by Crippen LogP contribution is 2.33. The highest BCUT2D eigenvalue weighted by Gasteiger charge is 2.38. The van der Waals surface area contributed by atoms with Crippen LogP contribution < -0.4 is 5.32 Å². The largest absolute Gasteiger partial charge is 0.378 e. The molecule has 0 spiro atoms. The fourth-order valence-corrected chi connectivity index (χ4v) is 1.52. The molecule has 0 aliphatic heterocycles. The van der Waals surface area contributed by atoms with Crippen LogP contribution in [-0.2, 0) is 4.79 Å². The molecule has 0 saturated heterocycles. The maximum absolute atomic E-state index is 10.2. The standard InChI is InChI=1S/C17H17NO2/c1-14(3-2-12-19)13-18-16-6-4-15(5-7-16)8-9-17(20)10-11-17/h2-7,12-13,18,20H,10-11H2,1H3/b3-2-,14-13-. The molecule has 102 valence electrons. The third kappa shape index (κ3) is 4.42. The lowest BCUT2D eigenvalue weighted by molar-refractivity contribution is -0.104. The Bertz CT molecular complexity index is 596. The predicted molar refractivity (Wildman–Crippen MR) is 80.1 cm³/mol. The van der Waals surface area contributed by atoms with Crippen LogP contribution in [0.4, 0.5) is 5.69 Å². The van der Waals surface area contributed by atoms with Gasteiger partial charge >= 0.3 is 0 Å². The highest BCUT2D eigenvalue weighted by molar-refractivity contribution is 5.65. The third-order valence-electron chi connectivity index (χ3n) is 2.95. The Labute approximate surface area is 119 Å². The Kier molecular flexibility index (Phi) is 4.39. The van der Waals surface area contributed by atoms with Crippen molar-refractivity contribution in [2.24, 2.45) is 0 Å². The molecule has 2 rings (SSSR count). The smallest absolute Gasteiger partial charge is 0.142 e. The Hall–Kier alpha value is -2.31. The summed E-state index contributed by atoms with van der Waals surface area (Å²) in [6.45, 7) is 1.91. The number of carbonyl (C=O) groups excluding carboxylic acids is 1. The molecule has 1 aromatic carbocycles. The summed E-state index contributed by atoms with van der Waals surface area (Å²) >= 11 is 0. The lowest BCUT2D eigenvalue weighted by atomic mass is 10.2. The van der Waals surface area contributed by atoms with Crippen molar-refractivity contribution in [3.05, 3.63) is 53.8 Å². The van der Waals surface area contributed by atoms with E-state index in [2.05, 4.69) is 17.2 Å². The van der Waals surface area contributed by atoms with E-state index in [0.29, 0.717) is 0 Å². The van der Waals surface area contributed by atoms with Gasteiger partial charge < -0.3 is 10.4 Å². The van der Waals surface area contributed by atoms with Gasteiger partial charge in [0.25, 0.3) is 0 Å². The first kappa shape index (κ1) is 14.1. The predicted octanol–water partition coefficient (Wildman–Crippen LogP) is 2.63. The van der Waals surface area contributed by atoms with E-state index >= 15 is 0 Å². The van der Waals surface area contributed by atoms with Crippen molar-refractivity contribution in [2.75, 3.05) is 5.32 Å². The average molecular weight is 267 g/mol. The zero-order valence-electron chi connectivity index (χ0n) is 11.4. The van der Waals surface area contributed by atoms with Gasteiger partial charge in [0.2, 0.25) is 0 Å². The number of carbonyl (C=O) groups is 1. The van der Waals surface area contributed by atoms with Crippen molar-refractivity contribution in [1.29, 1.82) is 0 Å². The second-order valence-corrected chi connectivity index (χ2v) is 4.89. The van der Waals surface area contributed by atoms with Crippen molar-refractivity contribution in [1.82, 2.24) is 0 Å². The van der Waals surface area contributed by atoms with Crippen LogP contribution >= 0.6 is 0 Å². The molecule has 0 heterocycles. The molecule has 3 nitrogen and oxygen atoms in total. The Balaban J connectivity index is 1.95. The first-order valence-corrected chi connectivity index (χ1v) is 6.52. The molecule has 1 aromatic rings. The number of nitrogens with one attached hydrogen (secondary N) is 1. The third-order valence-corrected chi connectivity index (χ3v) is 2.95. The summed E-state index contributed by atoms with van der Waals surface area (Å²) in [6, 6.07) is 7.67. The fraction of sp³-hybridized carbons (Fsp3) is 0.235. The maximum Gasteiger partial charge on any atom is 0.142 e. The van der Waals surface area contributed by atoms with Gasteiger partial charge in [0, 0.05) is 17.5 Å². The summed E-state index contributed by atoms with van der Waals surface area (Å²) in [7, 11) is 0. The van der Waals surface area contributed by atoms with E-state index in [0.717, 1.165) is 36.0 Å². The molecule has 0 amide bonds. The van der Waals surface area contributed by atoms with Gasteiger partial charge in [0.15, 0.2) is 0 Å². The molecule has 20 heavy (non-hydrogen) atoms. The number of rotatable bonds is 4. The fourth-order valence-electron chi connectivity index (χ4n) is 1.52. The summed E-state index contributed by atoms with van der Waals surface area (Å²) < 4.78 is 0. The van der Waals surface area contributed by atoms with Gasteiger partial charge in [-0.15, -0.1) is 0 Å². The van der Waals surface area contributed by atoms with E-state index in [9.17, 15) is 9.90 Å². The number of aliphatic hydroxyl groups is 1. The number of allylic oxidation sites excluding steroid dienone is 3. The SMILES string of the molecule is CC(/C=C\C=O)=C/Nc1ccc(C#CC2(O)CC2)cc1. The summed E-state index contributed by atoms with van der Waals surface area (Å²) in [5.74, 6) is 5.85. The summed E-state index contributed by atoms with van der Waals surface area (Å²) in [4.78, 5) is 10.2. The van der Waals surface area contributed by atoms with E-state index in [1.807, 2.05) is 37.4 Å². The van der Waals surface area contributed by atoms with Gasteiger partial charge in [-0.25, -0.2) is 0 Å². The van der Waals surface area contributed by atoms with Crippen LogP contribution in [0.15, 0.2) is 48.2 Å². The maximum atomic E-state index is 10.2. The Morgan fingerprint density at radius 2 is 2.05 bits per heavy atom. The van der Waals surface area contributed by atoms with Gasteiger partial charge in [0.05, 0.1) is 0 Å². The first-order valence-electron chi connectivity index (χ1n) is 6.52. The van der Waals surface area contributed by atoms with Crippen molar-refractivity contribution in [3.63, 3.8) is 0 Å². The molecule has 0 unspecified atom stereocenters. The zero-order chi connectivity index (χ0) is 14.4. The topological polar surface area (TPSA) is 49.3 Å². The number of aldehydes is 1. The minimum atomic E-state index is -0.734. The molecule has 1 aliphatic carbocycles. The van der Waals surface area contributed by atoms with Crippen molar-refractivity contribution < 1.29 is 9.90 Å². The van der Waals surface area contributed by atoms with Gasteiger partial charge in [-0.1, -0.05) is 17.9 Å². The molecule has 1 saturated carbocycles. The van der Waals surface area contributed by atoms with Crippen LogP contribution in [0.5, 0.6) is 0 Å². The van der Waals surface area contributed by atoms with E-state index in [1.165, 1.54) is 6.08 Å². The number of anilines is 1. The monoisotopic (exact) mass is 267 g/mol. The van der Waals surface area contributed by atoms with E-state index < -0.39 is 5.60 Å². The Morgan fingerprint density at radius 1 is 1.35 bits per heavy atom. The quantitative estimate of drug-likeness (QED) is 0.381. The van der Waals surface area contributed by atoms with Crippen molar-refractivity contribution in [3.8, 4) is 11.8 Å². The second-order valence-electron chi connectivity index (χ2n) is 4.89. The molecule has 0 aromatic heterocycles.